The zero-order valence-corrected chi connectivity index (χ0v) is 13.5. The molecule has 4 nitrogen and oxygen atoms in total. The van der Waals surface area contributed by atoms with Crippen LogP contribution in [0.2, 0.25) is 0 Å². The van der Waals surface area contributed by atoms with Gasteiger partial charge in [0.2, 0.25) is 0 Å². The van der Waals surface area contributed by atoms with E-state index in [4.69, 9.17) is 14.2 Å². The molecule has 0 saturated heterocycles. The molecule has 1 aromatic carbocycles. The number of ether oxygens (including phenoxy) is 3. The van der Waals surface area contributed by atoms with Crippen molar-refractivity contribution in [3.05, 3.63) is 23.8 Å². The molecule has 1 aromatic rings. The minimum atomic E-state index is -0.244. The van der Waals surface area contributed by atoms with E-state index in [1.165, 1.54) is 20.0 Å². The number of hydrogen-bond acceptors (Lipinski definition) is 4. The van der Waals surface area contributed by atoms with Crippen molar-refractivity contribution in [1.29, 1.82) is 0 Å². The number of carbonyl (C=O) groups excluding carboxylic acids is 1. The van der Waals surface area contributed by atoms with Crippen molar-refractivity contribution in [3.63, 3.8) is 0 Å². The van der Waals surface area contributed by atoms with E-state index >= 15 is 0 Å². The van der Waals surface area contributed by atoms with Crippen LogP contribution < -0.4 is 9.47 Å². The molecule has 0 saturated carbocycles. The first-order chi connectivity index (χ1) is 10.2. The van der Waals surface area contributed by atoms with E-state index in [2.05, 4.69) is 6.92 Å². The highest BCUT2D eigenvalue weighted by Crippen LogP contribution is 2.33. The van der Waals surface area contributed by atoms with Crippen molar-refractivity contribution in [1.82, 2.24) is 0 Å². The lowest BCUT2D eigenvalue weighted by Crippen LogP contribution is -2.14. The average Bonchev–Trinajstić information content (AvgIpc) is 2.53. The second-order valence-corrected chi connectivity index (χ2v) is 5.04. The molecule has 0 fully saturated rings. The van der Waals surface area contributed by atoms with Gasteiger partial charge in [-0.05, 0) is 24.1 Å². The number of benzene rings is 1. The molecular formula is C17H26O4. The van der Waals surface area contributed by atoms with E-state index in [1.807, 2.05) is 18.2 Å². The predicted octanol–water partition coefficient (Wildman–Crippen LogP) is 3.93. The van der Waals surface area contributed by atoms with Gasteiger partial charge in [0.25, 0.3) is 0 Å². The van der Waals surface area contributed by atoms with Gasteiger partial charge in [0.15, 0.2) is 11.5 Å². The van der Waals surface area contributed by atoms with Crippen LogP contribution >= 0.6 is 0 Å². The summed E-state index contributed by atoms with van der Waals surface area (Å²) in [4.78, 5) is 12.0. The van der Waals surface area contributed by atoms with E-state index in [1.54, 1.807) is 14.2 Å². The van der Waals surface area contributed by atoms with Gasteiger partial charge < -0.3 is 14.2 Å². The molecule has 21 heavy (non-hydrogen) atoms. The Morgan fingerprint density at radius 2 is 1.76 bits per heavy atom. The standard InChI is InChI=1S/C17H26O4/c1-5-6-7-8-9-14(17(18)21-4)13-10-11-15(19-2)16(12-13)20-3/h10-12,14H,5-9H2,1-4H3. The summed E-state index contributed by atoms with van der Waals surface area (Å²) in [5, 5.41) is 0. The SMILES string of the molecule is CCCCCCC(C(=O)OC)c1ccc(OC)c(OC)c1. The minimum absolute atomic E-state index is 0.196. The minimum Gasteiger partial charge on any atom is -0.493 e. The topological polar surface area (TPSA) is 44.8 Å². The van der Waals surface area contributed by atoms with Crippen LogP contribution in [-0.2, 0) is 9.53 Å². The molecule has 1 atom stereocenters. The summed E-state index contributed by atoms with van der Waals surface area (Å²) in [6.07, 6.45) is 5.32. The smallest absolute Gasteiger partial charge is 0.313 e. The zero-order chi connectivity index (χ0) is 15.7. The Morgan fingerprint density at radius 1 is 1.05 bits per heavy atom. The molecule has 0 aliphatic rings. The van der Waals surface area contributed by atoms with Crippen molar-refractivity contribution in [3.8, 4) is 11.5 Å². The number of hydrogen-bond donors (Lipinski definition) is 0. The van der Waals surface area contributed by atoms with Crippen molar-refractivity contribution in [2.75, 3.05) is 21.3 Å². The quantitative estimate of drug-likeness (QED) is 0.511. The fraction of sp³-hybridized carbons (Fsp3) is 0.588. The lowest BCUT2D eigenvalue weighted by molar-refractivity contribution is -0.142. The molecule has 118 valence electrons. The van der Waals surface area contributed by atoms with Crippen LogP contribution in [0.5, 0.6) is 11.5 Å². The predicted molar refractivity (Wildman–Crippen MR) is 83.1 cm³/mol. The van der Waals surface area contributed by atoms with E-state index in [0.717, 1.165) is 24.8 Å². The van der Waals surface area contributed by atoms with Crippen molar-refractivity contribution in [2.24, 2.45) is 0 Å². The van der Waals surface area contributed by atoms with E-state index in [-0.39, 0.29) is 11.9 Å². The fourth-order valence-corrected chi connectivity index (χ4v) is 2.41. The molecule has 0 amide bonds. The first-order valence-corrected chi connectivity index (χ1v) is 7.47. The van der Waals surface area contributed by atoms with Gasteiger partial charge in [-0.1, -0.05) is 38.7 Å². The summed E-state index contributed by atoms with van der Waals surface area (Å²) in [6.45, 7) is 2.17. The normalized spacial score (nSPS) is 11.8. The summed E-state index contributed by atoms with van der Waals surface area (Å²) < 4.78 is 15.5. The molecule has 0 bridgehead atoms. The number of rotatable bonds is 9. The second kappa shape index (κ2) is 9.27. The van der Waals surface area contributed by atoms with Crippen LogP contribution in [0.25, 0.3) is 0 Å². The van der Waals surface area contributed by atoms with Crippen LogP contribution in [-0.4, -0.2) is 27.3 Å². The maximum atomic E-state index is 12.0. The first-order valence-electron chi connectivity index (χ1n) is 7.47. The Morgan fingerprint density at radius 3 is 2.33 bits per heavy atom. The molecule has 0 spiro atoms. The molecule has 0 aliphatic carbocycles. The third-order valence-electron chi connectivity index (χ3n) is 3.64. The van der Waals surface area contributed by atoms with E-state index < -0.39 is 0 Å². The Bertz CT molecular complexity index is 442. The van der Waals surface area contributed by atoms with Crippen LogP contribution in [0, 0.1) is 0 Å². The van der Waals surface area contributed by atoms with Gasteiger partial charge in [0, 0.05) is 0 Å². The highest BCUT2D eigenvalue weighted by atomic mass is 16.5. The van der Waals surface area contributed by atoms with Crippen LogP contribution in [0.4, 0.5) is 0 Å². The molecule has 0 aromatic heterocycles. The van der Waals surface area contributed by atoms with Crippen LogP contribution in [0.1, 0.15) is 50.5 Å². The third-order valence-corrected chi connectivity index (χ3v) is 3.64. The van der Waals surface area contributed by atoms with Crippen molar-refractivity contribution >= 4 is 5.97 Å². The van der Waals surface area contributed by atoms with Crippen molar-refractivity contribution in [2.45, 2.75) is 44.9 Å². The van der Waals surface area contributed by atoms with Gasteiger partial charge in [-0.3, -0.25) is 4.79 Å². The van der Waals surface area contributed by atoms with Gasteiger partial charge in [-0.2, -0.15) is 0 Å². The zero-order valence-electron chi connectivity index (χ0n) is 13.5. The fourth-order valence-electron chi connectivity index (χ4n) is 2.41. The highest BCUT2D eigenvalue weighted by molar-refractivity contribution is 5.78. The molecule has 0 radical (unpaired) electrons. The number of esters is 1. The molecule has 4 heteroatoms. The number of methoxy groups -OCH3 is 3. The van der Waals surface area contributed by atoms with Crippen LogP contribution in [0.3, 0.4) is 0 Å². The lowest BCUT2D eigenvalue weighted by atomic mass is 9.92. The first kappa shape index (κ1) is 17.3. The summed E-state index contributed by atoms with van der Waals surface area (Å²) in [5.41, 5.74) is 0.913. The average molecular weight is 294 g/mol. The summed E-state index contributed by atoms with van der Waals surface area (Å²) in [6, 6.07) is 5.60. The van der Waals surface area contributed by atoms with Gasteiger partial charge in [0.05, 0.1) is 27.2 Å². The van der Waals surface area contributed by atoms with Gasteiger partial charge >= 0.3 is 5.97 Å². The lowest BCUT2D eigenvalue weighted by Gasteiger charge is -2.17. The monoisotopic (exact) mass is 294 g/mol. The number of unbranched alkanes of at least 4 members (excludes halogenated alkanes) is 3. The summed E-state index contributed by atoms with van der Waals surface area (Å²) >= 11 is 0. The largest absolute Gasteiger partial charge is 0.493 e. The maximum Gasteiger partial charge on any atom is 0.313 e. The Balaban J connectivity index is 2.89. The third kappa shape index (κ3) is 4.96. The number of carbonyl (C=O) groups is 1. The molecule has 1 unspecified atom stereocenters. The van der Waals surface area contributed by atoms with E-state index in [9.17, 15) is 4.79 Å². The Hall–Kier alpha value is -1.71. The van der Waals surface area contributed by atoms with Crippen molar-refractivity contribution < 1.29 is 19.0 Å². The Kier molecular flexibility index (Phi) is 7.65. The summed E-state index contributed by atoms with van der Waals surface area (Å²) in [5.74, 6) is 0.860. The summed E-state index contributed by atoms with van der Waals surface area (Å²) in [7, 11) is 4.62. The maximum absolute atomic E-state index is 12.0. The van der Waals surface area contributed by atoms with Gasteiger partial charge in [-0.15, -0.1) is 0 Å². The van der Waals surface area contributed by atoms with E-state index in [0.29, 0.717) is 11.5 Å². The highest BCUT2D eigenvalue weighted by Gasteiger charge is 2.22. The molecule has 1 rings (SSSR count). The second-order valence-electron chi connectivity index (χ2n) is 5.04. The molecule has 0 heterocycles. The Labute approximate surface area is 127 Å². The van der Waals surface area contributed by atoms with Gasteiger partial charge in [0.1, 0.15) is 0 Å². The molecule has 0 aliphatic heterocycles. The van der Waals surface area contributed by atoms with Crippen LogP contribution in [0.15, 0.2) is 18.2 Å². The van der Waals surface area contributed by atoms with Gasteiger partial charge in [-0.25, -0.2) is 0 Å². The molecular weight excluding hydrogens is 268 g/mol. The molecule has 0 N–H and O–H groups in total.